The Balaban J connectivity index is 0.000000487. The summed E-state index contributed by atoms with van der Waals surface area (Å²) in [6.07, 6.45) is 0.568. The molecule has 2 N–H and O–H groups in total. The van der Waals surface area contributed by atoms with Gasteiger partial charge in [-0.3, -0.25) is 4.79 Å². The van der Waals surface area contributed by atoms with Gasteiger partial charge in [0.05, 0.1) is 0 Å². The van der Waals surface area contributed by atoms with Crippen molar-refractivity contribution >= 4 is 14.0 Å². The van der Waals surface area contributed by atoms with Crippen LogP contribution >= 0.6 is 8.25 Å². The summed E-state index contributed by atoms with van der Waals surface area (Å²) < 4.78 is 8.70. The van der Waals surface area contributed by atoms with Crippen LogP contribution in [0.1, 0.15) is 19.4 Å². The Kier molecular flexibility index (Phi) is 7.56. The second-order valence-corrected chi connectivity index (χ2v) is 4.04. The van der Waals surface area contributed by atoms with E-state index in [0.29, 0.717) is 12.2 Å². The van der Waals surface area contributed by atoms with E-state index in [1.165, 1.54) is 0 Å². The van der Waals surface area contributed by atoms with Crippen LogP contribution in [0.3, 0.4) is 0 Å². The van der Waals surface area contributed by atoms with Crippen LogP contribution < -0.4 is 0 Å². The highest BCUT2D eigenvalue weighted by molar-refractivity contribution is 7.30. The molecule has 0 radical (unpaired) electrons. The fraction of sp³-hybridized carbons (Fsp3) is 0.364. The van der Waals surface area contributed by atoms with Gasteiger partial charge in [0.15, 0.2) is 0 Å². The molecule has 0 saturated heterocycles. The lowest BCUT2D eigenvalue weighted by Crippen LogP contribution is -2.09. The number of rotatable bonds is 3. The molecule has 1 rings (SSSR count). The van der Waals surface area contributed by atoms with Crippen molar-refractivity contribution in [3.8, 4) is 0 Å². The van der Waals surface area contributed by atoms with Gasteiger partial charge in [0, 0.05) is 16.9 Å². The topological polar surface area (TPSA) is 74.6 Å². The van der Waals surface area contributed by atoms with Crippen molar-refractivity contribution in [2.24, 2.45) is 5.92 Å². The van der Waals surface area contributed by atoms with Gasteiger partial charge in [0.25, 0.3) is 0 Å². The number of benzene rings is 1. The molecular formula is C11H16O4P+. The first-order valence-electron chi connectivity index (χ1n) is 4.85. The number of Topliss-reactive ketones (excluding diaryl/α,β-unsaturated/α-hetero) is 1. The second-order valence-electron chi connectivity index (χ2n) is 3.54. The van der Waals surface area contributed by atoms with Crippen LogP contribution in [0, 0.1) is 5.92 Å². The first-order chi connectivity index (χ1) is 7.43. The molecule has 0 unspecified atom stereocenters. The minimum atomic E-state index is -2.87. The van der Waals surface area contributed by atoms with Gasteiger partial charge < -0.3 is 0 Å². The third-order valence-corrected chi connectivity index (χ3v) is 1.87. The van der Waals surface area contributed by atoms with E-state index >= 15 is 0 Å². The fourth-order valence-corrected chi connectivity index (χ4v) is 1.00. The van der Waals surface area contributed by atoms with E-state index in [2.05, 4.69) is 0 Å². The van der Waals surface area contributed by atoms with E-state index in [9.17, 15) is 4.79 Å². The maximum Gasteiger partial charge on any atom is 0.692 e. The van der Waals surface area contributed by atoms with Gasteiger partial charge >= 0.3 is 8.25 Å². The van der Waals surface area contributed by atoms with E-state index in [4.69, 9.17) is 14.4 Å². The molecule has 0 saturated carbocycles. The predicted molar refractivity (Wildman–Crippen MR) is 62.0 cm³/mol. The van der Waals surface area contributed by atoms with E-state index in [-0.39, 0.29) is 5.92 Å². The van der Waals surface area contributed by atoms with E-state index < -0.39 is 8.25 Å². The third-order valence-electron chi connectivity index (χ3n) is 1.87. The van der Waals surface area contributed by atoms with Crippen LogP contribution in [-0.2, 0) is 15.8 Å². The van der Waals surface area contributed by atoms with Gasteiger partial charge in [-0.1, -0.05) is 44.2 Å². The Morgan fingerprint density at radius 1 is 1.25 bits per heavy atom. The maximum atomic E-state index is 11.3. The Morgan fingerprint density at radius 3 is 2.06 bits per heavy atom. The summed E-state index contributed by atoms with van der Waals surface area (Å²) >= 11 is 0. The van der Waals surface area contributed by atoms with Crippen LogP contribution in [0.2, 0.25) is 0 Å². The van der Waals surface area contributed by atoms with Crippen molar-refractivity contribution in [1.29, 1.82) is 0 Å². The number of hydrogen-bond acceptors (Lipinski definition) is 2. The molecule has 0 amide bonds. The number of ketones is 1. The van der Waals surface area contributed by atoms with Crippen LogP contribution in [0.5, 0.6) is 0 Å². The molecule has 4 nitrogen and oxygen atoms in total. The fourth-order valence-electron chi connectivity index (χ4n) is 1.00. The summed E-state index contributed by atoms with van der Waals surface area (Å²) in [5, 5.41) is 0. The third kappa shape index (κ3) is 8.24. The lowest BCUT2D eigenvalue weighted by molar-refractivity contribution is -0.121. The minimum Gasteiger partial charge on any atom is -0.299 e. The number of hydrogen-bond donors (Lipinski definition) is 2. The Hall–Kier alpha value is -1.09. The quantitative estimate of drug-likeness (QED) is 0.797. The smallest absolute Gasteiger partial charge is 0.299 e. The van der Waals surface area contributed by atoms with Gasteiger partial charge in [0.1, 0.15) is 5.78 Å². The summed E-state index contributed by atoms with van der Waals surface area (Å²) in [7, 11) is -2.87. The molecule has 0 aliphatic rings. The normalized spacial score (nSPS) is 9.31. The molecule has 88 valence electrons. The molecule has 1 aromatic carbocycles. The van der Waals surface area contributed by atoms with Crippen molar-refractivity contribution in [1.82, 2.24) is 0 Å². The maximum absolute atomic E-state index is 11.3. The Labute approximate surface area is 95.9 Å². The van der Waals surface area contributed by atoms with Crippen molar-refractivity contribution in [2.75, 3.05) is 0 Å². The van der Waals surface area contributed by atoms with Gasteiger partial charge in [-0.25, -0.2) is 0 Å². The Morgan fingerprint density at radius 2 is 1.69 bits per heavy atom. The predicted octanol–water partition coefficient (Wildman–Crippen LogP) is 2.08. The molecule has 0 atom stereocenters. The van der Waals surface area contributed by atoms with Crippen molar-refractivity contribution in [3.63, 3.8) is 0 Å². The zero-order chi connectivity index (χ0) is 12.6. The van der Waals surface area contributed by atoms with Crippen molar-refractivity contribution < 1.29 is 19.1 Å². The van der Waals surface area contributed by atoms with Gasteiger partial charge in [-0.05, 0) is 5.56 Å². The van der Waals surface area contributed by atoms with Crippen LogP contribution in [0.15, 0.2) is 30.3 Å². The number of carbonyl (C=O) groups excluding carboxylic acids is 1. The summed E-state index contributed by atoms with van der Waals surface area (Å²) in [5.74, 6) is 0.450. The summed E-state index contributed by atoms with van der Waals surface area (Å²) in [4.78, 5) is 25.6. The molecule has 16 heavy (non-hydrogen) atoms. The molecule has 0 fully saturated rings. The molecule has 0 aliphatic carbocycles. The highest BCUT2D eigenvalue weighted by Gasteiger charge is 2.06. The average molecular weight is 243 g/mol. The van der Waals surface area contributed by atoms with Crippen LogP contribution in [0.4, 0.5) is 0 Å². The van der Waals surface area contributed by atoms with Crippen LogP contribution in [0.25, 0.3) is 0 Å². The Bertz CT molecular complexity index is 331. The molecule has 0 bridgehead atoms. The first-order valence-corrected chi connectivity index (χ1v) is 6.01. The van der Waals surface area contributed by atoms with Crippen LogP contribution in [-0.4, -0.2) is 15.6 Å². The highest BCUT2D eigenvalue weighted by Crippen LogP contribution is 2.04. The lowest BCUT2D eigenvalue weighted by Gasteiger charge is -2.02. The summed E-state index contributed by atoms with van der Waals surface area (Å²) in [5.41, 5.74) is 1.11. The van der Waals surface area contributed by atoms with Crippen molar-refractivity contribution in [2.45, 2.75) is 20.3 Å². The standard InChI is InChI=1S/C11H14O.HO3P/c1-9(2)11(12)8-10-6-4-3-5-7-10;1-4(2)3/h3-7,9H,8H2,1-2H3;(H-,1,2,3)/p+1. The van der Waals surface area contributed by atoms with Crippen molar-refractivity contribution in [3.05, 3.63) is 35.9 Å². The van der Waals surface area contributed by atoms with Gasteiger partial charge in [-0.2, -0.15) is 0 Å². The van der Waals surface area contributed by atoms with E-state index in [1.807, 2.05) is 44.2 Å². The molecule has 1 aromatic rings. The van der Waals surface area contributed by atoms with E-state index in [1.54, 1.807) is 0 Å². The minimum absolute atomic E-state index is 0.144. The first kappa shape index (κ1) is 14.9. The van der Waals surface area contributed by atoms with Gasteiger partial charge in [0.2, 0.25) is 0 Å². The molecule has 0 spiro atoms. The summed E-state index contributed by atoms with van der Waals surface area (Å²) in [6, 6.07) is 9.86. The zero-order valence-electron chi connectivity index (χ0n) is 9.33. The SMILES string of the molecule is CC(C)C(=O)Cc1ccccc1.O=[P+](O)O. The molecule has 0 aromatic heterocycles. The number of carbonyl (C=O) groups is 1. The summed E-state index contributed by atoms with van der Waals surface area (Å²) in [6.45, 7) is 3.87. The molecule has 0 heterocycles. The second kappa shape index (κ2) is 8.11. The molecule has 5 heteroatoms. The largest absolute Gasteiger partial charge is 0.692 e. The molecular weight excluding hydrogens is 227 g/mol. The zero-order valence-corrected chi connectivity index (χ0v) is 10.2. The average Bonchev–Trinajstić information content (AvgIpc) is 2.18. The lowest BCUT2D eigenvalue weighted by atomic mass is 10.0. The van der Waals surface area contributed by atoms with E-state index in [0.717, 1.165) is 5.56 Å². The molecule has 0 aliphatic heterocycles. The van der Waals surface area contributed by atoms with Gasteiger partial charge in [-0.15, -0.1) is 9.79 Å². The highest BCUT2D eigenvalue weighted by atomic mass is 31.1. The monoisotopic (exact) mass is 243 g/mol.